The molecule has 0 aliphatic heterocycles. The first kappa shape index (κ1) is 10.7. The highest BCUT2D eigenvalue weighted by atomic mass is 35.5. The van der Waals surface area contributed by atoms with Crippen LogP contribution in [0.25, 0.3) is 0 Å². The van der Waals surface area contributed by atoms with Crippen LogP contribution in [0.1, 0.15) is 10.7 Å². The van der Waals surface area contributed by atoms with Gasteiger partial charge < -0.3 is 5.73 Å². The Morgan fingerprint density at radius 2 is 2.27 bits per heavy atom. The summed E-state index contributed by atoms with van der Waals surface area (Å²) in [5, 5.41) is 5.55. The Bertz CT molecular complexity index is 491. The zero-order chi connectivity index (χ0) is 11.0. The molecule has 2 heterocycles. The first-order valence-electron chi connectivity index (χ1n) is 4.16. The lowest BCUT2D eigenvalue weighted by Gasteiger charge is -1.99. The van der Waals surface area contributed by atoms with E-state index in [9.17, 15) is 0 Å². The minimum absolute atomic E-state index is 0.459. The van der Waals surface area contributed by atoms with Crippen molar-refractivity contribution in [2.75, 3.05) is 5.73 Å². The molecule has 0 bridgehead atoms. The number of nitrogens with two attached hydrogens (primary N) is 1. The third kappa shape index (κ3) is 2.09. The van der Waals surface area contributed by atoms with Gasteiger partial charge in [0, 0.05) is 0 Å². The topological polar surface area (TPSA) is 56.7 Å². The van der Waals surface area contributed by atoms with Crippen molar-refractivity contribution in [1.29, 1.82) is 0 Å². The smallest absolute Gasteiger partial charge is 0.141 e. The van der Waals surface area contributed by atoms with Gasteiger partial charge in [-0.2, -0.15) is 5.10 Å². The van der Waals surface area contributed by atoms with Crippen molar-refractivity contribution >= 4 is 40.4 Å². The van der Waals surface area contributed by atoms with Crippen LogP contribution in [-0.2, 0) is 6.54 Å². The number of thiazole rings is 1. The van der Waals surface area contributed by atoms with Crippen molar-refractivity contribution in [3.63, 3.8) is 0 Å². The van der Waals surface area contributed by atoms with E-state index in [1.54, 1.807) is 10.9 Å². The molecule has 4 nitrogen and oxygen atoms in total. The lowest BCUT2D eigenvalue weighted by atomic mass is 10.5. The van der Waals surface area contributed by atoms with Crippen LogP contribution in [0.4, 0.5) is 5.82 Å². The zero-order valence-corrected chi connectivity index (χ0v) is 10.2. The fourth-order valence-electron chi connectivity index (χ4n) is 1.19. The predicted molar refractivity (Wildman–Crippen MR) is 62.6 cm³/mol. The number of hydrogen-bond donors (Lipinski definition) is 1. The van der Waals surface area contributed by atoms with E-state index >= 15 is 0 Å². The van der Waals surface area contributed by atoms with Gasteiger partial charge >= 0.3 is 0 Å². The molecule has 2 aromatic rings. The van der Waals surface area contributed by atoms with Crippen molar-refractivity contribution in [3.8, 4) is 0 Å². The Morgan fingerprint density at radius 3 is 2.73 bits per heavy atom. The molecule has 0 saturated heterocycles. The summed E-state index contributed by atoms with van der Waals surface area (Å²) >= 11 is 13.1. The normalized spacial score (nSPS) is 10.9. The average molecular weight is 263 g/mol. The van der Waals surface area contributed by atoms with E-state index in [2.05, 4.69) is 10.1 Å². The highest BCUT2D eigenvalue weighted by Crippen LogP contribution is 2.24. The summed E-state index contributed by atoms with van der Waals surface area (Å²) in [4.78, 5) is 4.12. The second-order valence-electron chi connectivity index (χ2n) is 3.00. The molecule has 0 aromatic carbocycles. The van der Waals surface area contributed by atoms with Gasteiger partial charge in [-0.1, -0.05) is 23.2 Å². The number of nitrogens with zero attached hydrogens (tertiary/aromatic N) is 3. The monoisotopic (exact) mass is 262 g/mol. The standard InChI is InChI=1S/C8H8Cl2N4S/c1-4-7(10)8(11)14(13-4)3-6-12-2-5(9)15-6/h2H,3,11H2,1H3. The van der Waals surface area contributed by atoms with Gasteiger partial charge in [0.1, 0.15) is 20.2 Å². The molecule has 0 aliphatic rings. The number of nitrogen functional groups attached to an aromatic ring is 1. The van der Waals surface area contributed by atoms with E-state index in [-0.39, 0.29) is 0 Å². The quantitative estimate of drug-likeness (QED) is 0.905. The van der Waals surface area contributed by atoms with Crippen molar-refractivity contribution in [2.45, 2.75) is 13.5 Å². The molecule has 0 amide bonds. The maximum Gasteiger partial charge on any atom is 0.141 e. The lowest BCUT2D eigenvalue weighted by Crippen LogP contribution is -2.05. The molecule has 0 saturated carbocycles. The van der Waals surface area contributed by atoms with E-state index in [0.29, 0.717) is 21.7 Å². The Balaban J connectivity index is 2.28. The fourth-order valence-corrected chi connectivity index (χ4v) is 2.26. The van der Waals surface area contributed by atoms with Crippen LogP contribution in [0.2, 0.25) is 9.36 Å². The Labute approximate surface area is 101 Å². The van der Waals surface area contributed by atoms with Gasteiger partial charge in [-0.25, -0.2) is 9.67 Å². The second-order valence-corrected chi connectivity index (χ2v) is 5.12. The summed E-state index contributed by atoms with van der Waals surface area (Å²) in [5.74, 6) is 0.459. The maximum absolute atomic E-state index is 5.92. The van der Waals surface area contributed by atoms with Crippen molar-refractivity contribution in [1.82, 2.24) is 14.8 Å². The van der Waals surface area contributed by atoms with Crippen molar-refractivity contribution < 1.29 is 0 Å². The summed E-state index contributed by atoms with van der Waals surface area (Å²) in [6, 6.07) is 0. The van der Waals surface area contributed by atoms with E-state index in [0.717, 1.165) is 10.7 Å². The minimum Gasteiger partial charge on any atom is -0.383 e. The summed E-state index contributed by atoms with van der Waals surface area (Å²) in [6.45, 7) is 2.31. The summed E-state index contributed by atoms with van der Waals surface area (Å²) < 4.78 is 2.27. The summed E-state index contributed by atoms with van der Waals surface area (Å²) in [7, 11) is 0. The Kier molecular flexibility index (Phi) is 2.86. The van der Waals surface area contributed by atoms with Gasteiger partial charge in [0.05, 0.1) is 18.4 Å². The van der Waals surface area contributed by atoms with E-state index < -0.39 is 0 Å². The van der Waals surface area contributed by atoms with Crippen LogP contribution >= 0.6 is 34.5 Å². The van der Waals surface area contributed by atoms with Crippen LogP contribution in [0.5, 0.6) is 0 Å². The highest BCUT2D eigenvalue weighted by Gasteiger charge is 2.11. The lowest BCUT2D eigenvalue weighted by molar-refractivity contribution is 0.686. The average Bonchev–Trinajstić information content (AvgIpc) is 2.68. The third-order valence-corrected chi connectivity index (χ3v) is 3.47. The molecule has 2 aromatic heterocycles. The van der Waals surface area contributed by atoms with Crippen LogP contribution in [-0.4, -0.2) is 14.8 Å². The molecule has 0 atom stereocenters. The van der Waals surface area contributed by atoms with E-state index in [4.69, 9.17) is 28.9 Å². The van der Waals surface area contributed by atoms with Crippen LogP contribution < -0.4 is 5.73 Å². The first-order chi connectivity index (χ1) is 7.08. The Morgan fingerprint density at radius 1 is 1.53 bits per heavy atom. The Hall–Kier alpha value is -0.780. The predicted octanol–water partition coefficient (Wildman–Crippen LogP) is 2.59. The highest BCUT2D eigenvalue weighted by molar-refractivity contribution is 7.15. The largest absolute Gasteiger partial charge is 0.383 e. The molecular formula is C8H8Cl2N4S. The number of hydrogen-bond acceptors (Lipinski definition) is 4. The molecular weight excluding hydrogens is 255 g/mol. The summed E-state index contributed by atoms with van der Waals surface area (Å²) in [6.07, 6.45) is 1.61. The van der Waals surface area contributed by atoms with Gasteiger partial charge in [-0.15, -0.1) is 11.3 Å². The van der Waals surface area contributed by atoms with E-state index in [1.165, 1.54) is 11.3 Å². The van der Waals surface area contributed by atoms with Gasteiger partial charge in [0.2, 0.25) is 0 Å². The van der Waals surface area contributed by atoms with Crippen LogP contribution in [0, 0.1) is 6.92 Å². The molecule has 2 rings (SSSR count). The summed E-state index contributed by atoms with van der Waals surface area (Å²) in [5.41, 5.74) is 6.49. The number of aryl methyl sites for hydroxylation is 1. The van der Waals surface area contributed by atoms with Crippen LogP contribution in [0.3, 0.4) is 0 Å². The molecule has 0 radical (unpaired) electrons. The molecule has 0 unspecified atom stereocenters. The third-order valence-electron chi connectivity index (χ3n) is 1.90. The number of rotatable bonds is 2. The number of anilines is 1. The molecule has 0 spiro atoms. The molecule has 7 heteroatoms. The van der Waals surface area contributed by atoms with Crippen molar-refractivity contribution in [3.05, 3.63) is 26.3 Å². The first-order valence-corrected chi connectivity index (χ1v) is 5.73. The van der Waals surface area contributed by atoms with Crippen LogP contribution in [0.15, 0.2) is 6.20 Å². The molecule has 0 fully saturated rings. The molecule has 0 aliphatic carbocycles. The molecule has 80 valence electrons. The van der Waals surface area contributed by atoms with Gasteiger partial charge in [-0.05, 0) is 6.92 Å². The van der Waals surface area contributed by atoms with Crippen molar-refractivity contribution in [2.24, 2.45) is 0 Å². The second kappa shape index (κ2) is 4.00. The van der Waals surface area contributed by atoms with Gasteiger partial charge in [0.25, 0.3) is 0 Å². The molecule has 2 N–H and O–H groups in total. The fraction of sp³-hybridized carbons (Fsp3) is 0.250. The SMILES string of the molecule is Cc1nn(Cc2ncc(Cl)s2)c(N)c1Cl. The molecule has 15 heavy (non-hydrogen) atoms. The van der Waals surface area contributed by atoms with E-state index in [1.807, 2.05) is 6.92 Å². The minimum atomic E-state index is 0.459. The van der Waals surface area contributed by atoms with Gasteiger partial charge in [0.15, 0.2) is 0 Å². The number of halogens is 2. The van der Waals surface area contributed by atoms with Gasteiger partial charge in [-0.3, -0.25) is 0 Å². The maximum atomic E-state index is 5.92. The number of aromatic nitrogens is 3. The zero-order valence-electron chi connectivity index (χ0n) is 7.87.